The first-order valence-corrected chi connectivity index (χ1v) is 8.87. The third-order valence-electron chi connectivity index (χ3n) is 5.11. The quantitative estimate of drug-likeness (QED) is 0.855. The highest BCUT2D eigenvalue weighted by Crippen LogP contribution is 2.28. The maximum atomic E-state index is 10.9. The number of hydrogen-bond acceptors (Lipinski definition) is 3. The van der Waals surface area contributed by atoms with Crippen LogP contribution in [0.15, 0.2) is 48.5 Å². The molecule has 2 aromatic carbocycles. The zero-order chi connectivity index (χ0) is 17.6. The molecule has 3 rings (SSSR count). The lowest BCUT2D eigenvalue weighted by Gasteiger charge is -2.33. The highest BCUT2D eigenvalue weighted by molar-refractivity contribution is 5.88. The molecule has 132 valence electrons. The van der Waals surface area contributed by atoms with E-state index in [0.29, 0.717) is 5.56 Å². The van der Waals surface area contributed by atoms with Crippen LogP contribution in [0, 0.1) is 5.92 Å². The minimum atomic E-state index is -0.874. The van der Waals surface area contributed by atoms with E-state index < -0.39 is 5.97 Å². The van der Waals surface area contributed by atoms with Gasteiger partial charge in [0.15, 0.2) is 0 Å². The fourth-order valence-corrected chi connectivity index (χ4v) is 3.56. The molecule has 0 saturated carbocycles. The molecule has 0 spiro atoms. The predicted octanol–water partition coefficient (Wildman–Crippen LogP) is 4.24. The third-order valence-corrected chi connectivity index (χ3v) is 5.11. The van der Waals surface area contributed by atoms with Gasteiger partial charge in [-0.1, -0.05) is 18.2 Å². The highest BCUT2D eigenvalue weighted by Gasteiger charge is 2.20. The van der Waals surface area contributed by atoms with Crippen LogP contribution in [0.5, 0.6) is 5.75 Å². The Kier molecular flexibility index (Phi) is 5.59. The lowest BCUT2D eigenvalue weighted by Crippen LogP contribution is -2.33. The molecule has 1 fully saturated rings. The average Bonchev–Trinajstić information content (AvgIpc) is 2.67. The van der Waals surface area contributed by atoms with Crippen molar-refractivity contribution in [2.75, 3.05) is 25.1 Å². The van der Waals surface area contributed by atoms with Crippen LogP contribution in [0.4, 0.5) is 5.69 Å². The van der Waals surface area contributed by atoms with E-state index in [0.717, 1.165) is 36.9 Å². The van der Waals surface area contributed by atoms with Crippen molar-refractivity contribution in [3.05, 3.63) is 59.7 Å². The van der Waals surface area contributed by atoms with Crippen molar-refractivity contribution in [1.29, 1.82) is 0 Å². The number of carboxylic acids is 1. The van der Waals surface area contributed by atoms with Gasteiger partial charge in [-0.25, -0.2) is 4.79 Å². The molecule has 0 unspecified atom stereocenters. The number of carboxylic acid groups (broad SMARTS) is 1. The number of carbonyl (C=O) groups is 1. The lowest BCUT2D eigenvalue weighted by atomic mass is 9.90. The van der Waals surface area contributed by atoms with Gasteiger partial charge >= 0.3 is 5.97 Å². The second-order valence-corrected chi connectivity index (χ2v) is 6.63. The Labute approximate surface area is 149 Å². The molecule has 25 heavy (non-hydrogen) atoms. The molecule has 1 heterocycles. The van der Waals surface area contributed by atoms with Gasteiger partial charge in [-0.3, -0.25) is 0 Å². The Morgan fingerprint density at radius 3 is 2.44 bits per heavy atom. The van der Waals surface area contributed by atoms with Crippen molar-refractivity contribution >= 4 is 11.7 Å². The number of methoxy groups -OCH3 is 1. The minimum absolute atomic E-state index is 0.343. The lowest BCUT2D eigenvalue weighted by molar-refractivity contribution is 0.0697. The topological polar surface area (TPSA) is 49.8 Å². The maximum absolute atomic E-state index is 10.9. The van der Waals surface area contributed by atoms with E-state index in [9.17, 15) is 4.79 Å². The van der Waals surface area contributed by atoms with E-state index in [2.05, 4.69) is 17.0 Å². The number of piperidine rings is 1. The summed E-state index contributed by atoms with van der Waals surface area (Å²) in [6.45, 7) is 2.06. The van der Waals surface area contributed by atoms with Crippen molar-refractivity contribution < 1.29 is 14.6 Å². The maximum Gasteiger partial charge on any atom is 0.335 e. The summed E-state index contributed by atoms with van der Waals surface area (Å²) in [5.41, 5.74) is 2.75. The molecule has 1 aliphatic heterocycles. The SMILES string of the molecule is COc1ccccc1CCC1CCN(c2ccc(C(=O)O)cc2)CC1. The van der Waals surface area contributed by atoms with Gasteiger partial charge in [0.1, 0.15) is 5.75 Å². The molecule has 4 heteroatoms. The fraction of sp³-hybridized carbons (Fsp3) is 0.381. The van der Waals surface area contributed by atoms with Crippen molar-refractivity contribution in [2.45, 2.75) is 25.7 Å². The first-order chi connectivity index (χ1) is 12.2. The van der Waals surface area contributed by atoms with Crippen LogP contribution in [0.25, 0.3) is 0 Å². The molecule has 4 nitrogen and oxygen atoms in total. The number of rotatable bonds is 6. The number of benzene rings is 2. The largest absolute Gasteiger partial charge is 0.496 e. The summed E-state index contributed by atoms with van der Waals surface area (Å²) < 4.78 is 5.44. The Bertz CT molecular complexity index is 703. The highest BCUT2D eigenvalue weighted by atomic mass is 16.5. The van der Waals surface area contributed by atoms with Crippen LogP contribution in [0.1, 0.15) is 35.2 Å². The van der Waals surface area contributed by atoms with Crippen molar-refractivity contribution in [1.82, 2.24) is 0 Å². The number of aromatic carboxylic acids is 1. The van der Waals surface area contributed by atoms with Crippen LogP contribution in [0.3, 0.4) is 0 Å². The van der Waals surface area contributed by atoms with E-state index in [1.54, 1.807) is 19.2 Å². The summed E-state index contributed by atoms with van der Waals surface area (Å²) in [6.07, 6.45) is 4.60. The standard InChI is InChI=1S/C21H25NO3/c1-25-20-5-3-2-4-17(20)7-6-16-12-14-22(15-13-16)19-10-8-18(9-11-19)21(23)24/h2-5,8-11,16H,6-7,12-15H2,1H3,(H,23,24). The number of aryl methyl sites for hydroxylation is 1. The molecular formula is C21H25NO3. The summed E-state index contributed by atoms with van der Waals surface area (Å²) in [4.78, 5) is 13.3. The first-order valence-electron chi connectivity index (χ1n) is 8.87. The summed E-state index contributed by atoms with van der Waals surface area (Å²) in [5.74, 6) is 0.847. The van der Waals surface area contributed by atoms with Crippen molar-refractivity contribution in [2.24, 2.45) is 5.92 Å². The molecule has 0 radical (unpaired) electrons. The minimum Gasteiger partial charge on any atom is -0.496 e. The molecule has 2 aromatic rings. The molecule has 1 aliphatic rings. The second-order valence-electron chi connectivity index (χ2n) is 6.63. The Balaban J connectivity index is 1.51. The number of nitrogens with zero attached hydrogens (tertiary/aromatic N) is 1. The summed E-state index contributed by atoms with van der Waals surface area (Å²) in [5, 5.41) is 8.99. The van der Waals surface area contributed by atoms with Gasteiger partial charge in [-0.15, -0.1) is 0 Å². The number of hydrogen-bond donors (Lipinski definition) is 1. The molecule has 0 aromatic heterocycles. The molecule has 1 saturated heterocycles. The van der Waals surface area contributed by atoms with Crippen molar-refractivity contribution in [3.63, 3.8) is 0 Å². The van der Waals surface area contributed by atoms with E-state index in [-0.39, 0.29) is 0 Å². The smallest absolute Gasteiger partial charge is 0.335 e. The molecule has 1 N–H and O–H groups in total. The predicted molar refractivity (Wildman–Crippen MR) is 99.7 cm³/mol. The average molecular weight is 339 g/mol. The van der Waals surface area contributed by atoms with Gasteiger partial charge in [0, 0.05) is 18.8 Å². The molecule has 0 bridgehead atoms. The third kappa shape index (κ3) is 4.32. The number of para-hydroxylation sites is 1. The molecule has 0 amide bonds. The number of anilines is 1. The Morgan fingerprint density at radius 1 is 1.12 bits per heavy atom. The number of ether oxygens (including phenoxy) is 1. The van der Waals surface area contributed by atoms with E-state index in [1.165, 1.54) is 24.8 Å². The van der Waals surface area contributed by atoms with Gasteiger partial charge in [0.05, 0.1) is 12.7 Å². The van der Waals surface area contributed by atoms with Gasteiger partial charge in [0.25, 0.3) is 0 Å². The normalized spacial score (nSPS) is 15.2. The summed E-state index contributed by atoms with van der Waals surface area (Å²) in [6, 6.07) is 15.5. The fourth-order valence-electron chi connectivity index (χ4n) is 3.56. The zero-order valence-electron chi connectivity index (χ0n) is 14.6. The van der Waals surface area contributed by atoms with Crippen LogP contribution < -0.4 is 9.64 Å². The Morgan fingerprint density at radius 2 is 1.80 bits per heavy atom. The van der Waals surface area contributed by atoms with Gasteiger partial charge < -0.3 is 14.7 Å². The van der Waals surface area contributed by atoms with Crippen LogP contribution in [-0.4, -0.2) is 31.3 Å². The van der Waals surface area contributed by atoms with E-state index >= 15 is 0 Å². The summed E-state index contributed by atoms with van der Waals surface area (Å²) in [7, 11) is 1.73. The van der Waals surface area contributed by atoms with Crippen LogP contribution in [0.2, 0.25) is 0 Å². The van der Waals surface area contributed by atoms with Crippen LogP contribution in [-0.2, 0) is 6.42 Å². The van der Waals surface area contributed by atoms with E-state index in [1.807, 2.05) is 24.3 Å². The molecule has 0 atom stereocenters. The monoisotopic (exact) mass is 339 g/mol. The van der Waals surface area contributed by atoms with Gasteiger partial charge in [0.2, 0.25) is 0 Å². The second kappa shape index (κ2) is 8.06. The Hall–Kier alpha value is -2.49. The van der Waals surface area contributed by atoms with E-state index in [4.69, 9.17) is 9.84 Å². The van der Waals surface area contributed by atoms with Gasteiger partial charge in [-0.2, -0.15) is 0 Å². The zero-order valence-corrected chi connectivity index (χ0v) is 14.6. The van der Waals surface area contributed by atoms with Crippen LogP contribution >= 0.6 is 0 Å². The first kappa shape index (κ1) is 17.3. The summed E-state index contributed by atoms with van der Waals surface area (Å²) >= 11 is 0. The molecular weight excluding hydrogens is 314 g/mol. The van der Waals surface area contributed by atoms with Crippen molar-refractivity contribution in [3.8, 4) is 5.75 Å². The van der Waals surface area contributed by atoms with Gasteiger partial charge in [-0.05, 0) is 67.5 Å². The molecule has 0 aliphatic carbocycles.